The second-order valence-electron chi connectivity index (χ2n) is 10.4. The molecule has 4 aromatic rings. The van der Waals surface area contributed by atoms with Crippen LogP contribution >= 0.6 is 23.2 Å². The molecule has 0 bridgehead atoms. The van der Waals surface area contributed by atoms with Crippen LogP contribution in [0.25, 0.3) is 0 Å². The highest BCUT2D eigenvalue weighted by molar-refractivity contribution is 7.92. The fourth-order valence-electron chi connectivity index (χ4n) is 4.92. The van der Waals surface area contributed by atoms with Gasteiger partial charge in [0.25, 0.3) is 10.0 Å². The van der Waals surface area contributed by atoms with Gasteiger partial charge in [-0.2, -0.15) is 0 Å². The van der Waals surface area contributed by atoms with E-state index in [0.717, 1.165) is 15.4 Å². The molecule has 12 heteroatoms. The number of nitrogens with zero attached hydrogens (tertiary/aromatic N) is 2. The molecule has 0 saturated carbocycles. The van der Waals surface area contributed by atoms with Gasteiger partial charge in [0.05, 0.1) is 24.8 Å². The van der Waals surface area contributed by atoms with Crippen molar-refractivity contribution in [3.63, 3.8) is 0 Å². The summed E-state index contributed by atoms with van der Waals surface area (Å²) in [5, 5.41) is 3.25. The van der Waals surface area contributed by atoms with E-state index < -0.39 is 34.4 Å². The van der Waals surface area contributed by atoms with Crippen molar-refractivity contribution in [2.24, 2.45) is 0 Å². The maximum atomic E-state index is 14.5. The summed E-state index contributed by atoms with van der Waals surface area (Å²) in [6.45, 7) is 1.08. The second-order valence-corrected chi connectivity index (χ2v) is 13.1. The number of hydrogen-bond donors (Lipinski definition) is 1. The third-order valence-corrected chi connectivity index (χ3v) is 9.93. The number of sulfonamides is 1. The number of aryl methyl sites for hydroxylation is 1. The number of likely N-dealkylation sites (N-methyl/N-ethyl adjacent to an activating group) is 1. The summed E-state index contributed by atoms with van der Waals surface area (Å²) < 4.78 is 40.3. The molecule has 0 fully saturated rings. The van der Waals surface area contributed by atoms with E-state index in [1.165, 1.54) is 44.4 Å². The lowest BCUT2D eigenvalue weighted by Gasteiger charge is -2.34. The van der Waals surface area contributed by atoms with Crippen LogP contribution < -0.4 is 19.1 Å². The van der Waals surface area contributed by atoms with Crippen LogP contribution in [0.5, 0.6) is 11.5 Å². The minimum absolute atomic E-state index is 0.119. The van der Waals surface area contributed by atoms with Crippen LogP contribution in [-0.4, -0.2) is 59.0 Å². The number of methoxy groups -OCH3 is 2. The van der Waals surface area contributed by atoms with Gasteiger partial charge >= 0.3 is 0 Å². The van der Waals surface area contributed by atoms with Crippen molar-refractivity contribution in [2.45, 2.75) is 30.8 Å². The first kappa shape index (κ1) is 34.6. The SMILES string of the molecule is CNC(=O)[C@H](Cc1ccccc1)N(Cc1c(Cl)cccc1Cl)C(=O)CN(c1ccc(C)cc1)S(=O)(=O)c1ccc(OC)c(OC)c1. The van der Waals surface area contributed by atoms with Gasteiger partial charge in [0.2, 0.25) is 11.8 Å². The van der Waals surface area contributed by atoms with E-state index in [1.54, 1.807) is 42.5 Å². The summed E-state index contributed by atoms with van der Waals surface area (Å²) in [5.74, 6) is -0.539. The van der Waals surface area contributed by atoms with Crippen LogP contribution in [0.4, 0.5) is 5.69 Å². The summed E-state index contributed by atoms with van der Waals surface area (Å²) in [7, 11) is -0.0298. The molecule has 0 spiro atoms. The minimum atomic E-state index is -4.36. The van der Waals surface area contributed by atoms with E-state index in [1.807, 2.05) is 37.3 Å². The molecule has 242 valence electrons. The Morgan fingerprint density at radius 3 is 2.07 bits per heavy atom. The fourth-order valence-corrected chi connectivity index (χ4v) is 6.87. The Kier molecular flexibility index (Phi) is 11.6. The van der Waals surface area contributed by atoms with Crippen molar-refractivity contribution in [3.8, 4) is 11.5 Å². The Morgan fingerprint density at radius 1 is 0.848 bits per heavy atom. The Labute approximate surface area is 279 Å². The minimum Gasteiger partial charge on any atom is -0.493 e. The topological polar surface area (TPSA) is 105 Å². The molecule has 46 heavy (non-hydrogen) atoms. The van der Waals surface area contributed by atoms with Gasteiger partial charge in [-0.15, -0.1) is 0 Å². The molecule has 4 aromatic carbocycles. The molecular formula is C34H35Cl2N3O6S. The van der Waals surface area contributed by atoms with Crippen molar-refractivity contribution >= 4 is 50.7 Å². The van der Waals surface area contributed by atoms with E-state index in [2.05, 4.69) is 5.32 Å². The van der Waals surface area contributed by atoms with Crippen LogP contribution in [0.1, 0.15) is 16.7 Å². The molecule has 0 aromatic heterocycles. The van der Waals surface area contributed by atoms with Crippen LogP contribution in [0.2, 0.25) is 10.0 Å². The van der Waals surface area contributed by atoms with Gasteiger partial charge in [-0.05, 0) is 48.9 Å². The maximum absolute atomic E-state index is 14.5. The number of ether oxygens (including phenoxy) is 2. The number of benzene rings is 4. The molecule has 1 atom stereocenters. The van der Waals surface area contributed by atoms with E-state index in [-0.39, 0.29) is 29.3 Å². The molecule has 2 amide bonds. The maximum Gasteiger partial charge on any atom is 0.264 e. The third-order valence-electron chi connectivity index (χ3n) is 7.45. The quantitative estimate of drug-likeness (QED) is 0.188. The van der Waals surface area contributed by atoms with Gasteiger partial charge < -0.3 is 19.7 Å². The third kappa shape index (κ3) is 7.93. The lowest BCUT2D eigenvalue weighted by Crippen LogP contribution is -2.53. The van der Waals surface area contributed by atoms with Crippen molar-refractivity contribution in [2.75, 3.05) is 32.1 Å². The number of anilines is 1. The Balaban J connectivity index is 1.84. The predicted octanol–water partition coefficient (Wildman–Crippen LogP) is 5.90. The first-order valence-electron chi connectivity index (χ1n) is 14.3. The molecule has 0 radical (unpaired) electrons. The number of rotatable bonds is 13. The Morgan fingerprint density at radius 2 is 1.48 bits per heavy atom. The Hall–Kier alpha value is -4.25. The number of halogens is 2. The molecule has 0 aliphatic carbocycles. The Bertz CT molecular complexity index is 1770. The molecule has 9 nitrogen and oxygen atoms in total. The number of hydrogen-bond acceptors (Lipinski definition) is 6. The second kappa shape index (κ2) is 15.4. The summed E-state index contributed by atoms with van der Waals surface area (Å²) in [4.78, 5) is 29.1. The van der Waals surface area contributed by atoms with Crippen LogP contribution in [0.15, 0.2) is 95.9 Å². The lowest BCUT2D eigenvalue weighted by molar-refractivity contribution is -0.139. The summed E-state index contributed by atoms with van der Waals surface area (Å²) in [6.07, 6.45) is 0.154. The van der Waals surface area contributed by atoms with Gasteiger partial charge in [0.1, 0.15) is 12.6 Å². The molecule has 0 aliphatic heterocycles. The van der Waals surface area contributed by atoms with Gasteiger partial charge in [0, 0.05) is 41.7 Å². The average molecular weight is 685 g/mol. The highest BCUT2D eigenvalue weighted by atomic mass is 35.5. The van der Waals surface area contributed by atoms with Crippen LogP contribution in [0, 0.1) is 6.92 Å². The van der Waals surface area contributed by atoms with Gasteiger partial charge in [-0.1, -0.05) is 77.3 Å². The molecule has 4 rings (SSSR count). The van der Waals surface area contributed by atoms with Crippen molar-refractivity contribution < 1.29 is 27.5 Å². The van der Waals surface area contributed by atoms with E-state index >= 15 is 0 Å². The average Bonchev–Trinajstić information content (AvgIpc) is 3.06. The molecule has 0 unspecified atom stereocenters. The normalized spacial score (nSPS) is 11.8. The molecule has 0 aliphatic rings. The van der Waals surface area contributed by atoms with Crippen molar-refractivity contribution in [1.29, 1.82) is 0 Å². The zero-order valence-electron chi connectivity index (χ0n) is 25.9. The molecular weight excluding hydrogens is 649 g/mol. The fraction of sp³-hybridized carbons (Fsp3) is 0.235. The highest BCUT2D eigenvalue weighted by Crippen LogP contribution is 2.33. The van der Waals surface area contributed by atoms with Gasteiger partial charge in [-0.25, -0.2) is 8.42 Å². The lowest BCUT2D eigenvalue weighted by atomic mass is 10.0. The van der Waals surface area contributed by atoms with Gasteiger partial charge in [0.15, 0.2) is 11.5 Å². The standard InChI is InChI=1S/C34H35Cl2N3O6S/c1-23-13-15-25(16-14-23)39(46(42,43)26-17-18-31(44-3)32(20-26)45-4)22-33(40)38(21-27-28(35)11-8-12-29(27)36)30(34(41)37-2)19-24-9-6-5-7-10-24/h5-18,20,30H,19,21-22H2,1-4H3,(H,37,41)/t30-/m0/s1. The highest BCUT2D eigenvalue weighted by Gasteiger charge is 2.35. The van der Waals surface area contributed by atoms with E-state index in [0.29, 0.717) is 21.4 Å². The van der Waals surface area contributed by atoms with Crippen LogP contribution in [-0.2, 0) is 32.6 Å². The summed E-state index contributed by atoms with van der Waals surface area (Å²) in [5.41, 5.74) is 2.37. The summed E-state index contributed by atoms with van der Waals surface area (Å²) >= 11 is 13.1. The van der Waals surface area contributed by atoms with Crippen molar-refractivity contribution in [1.82, 2.24) is 10.2 Å². The van der Waals surface area contributed by atoms with E-state index in [9.17, 15) is 18.0 Å². The van der Waals surface area contributed by atoms with Crippen molar-refractivity contribution in [3.05, 3.63) is 118 Å². The molecule has 1 N–H and O–H groups in total. The van der Waals surface area contributed by atoms with Gasteiger partial charge in [-0.3, -0.25) is 13.9 Å². The van der Waals surface area contributed by atoms with Crippen LogP contribution in [0.3, 0.4) is 0 Å². The smallest absolute Gasteiger partial charge is 0.264 e. The largest absolute Gasteiger partial charge is 0.493 e. The first-order valence-corrected chi connectivity index (χ1v) is 16.5. The monoisotopic (exact) mass is 683 g/mol. The number of nitrogens with one attached hydrogen (secondary N) is 1. The zero-order chi connectivity index (χ0) is 33.4. The number of carbonyl (C=O) groups is 2. The first-order chi connectivity index (χ1) is 22.0. The summed E-state index contributed by atoms with van der Waals surface area (Å²) in [6, 6.07) is 24.1. The zero-order valence-corrected chi connectivity index (χ0v) is 28.2. The number of amides is 2. The molecule has 0 saturated heterocycles. The van der Waals surface area contributed by atoms with E-state index in [4.69, 9.17) is 32.7 Å². The predicted molar refractivity (Wildman–Crippen MR) is 180 cm³/mol. The molecule has 0 heterocycles. The number of carbonyl (C=O) groups excluding carboxylic acids is 2.